The highest BCUT2D eigenvalue weighted by Gasteiger charge is 2.48. The highest BCUT2D eigenvalue weighted by Crippen LogP contribution is 2.42. The number of ether oxygens (including phenoxy) is 1. The number of hydrogen-bond acceptors (Lipinski definition) is 6. The molecule has 3 aromatic rings. The largest absolute Gasteiger partial charge is 0.493 e. The molecule has 1 aromatic heterocycles. The van der Waals surface area contributed by atoms with Gasteiger partial charge >= 0.3 is 6.18 Å². The highest BCUT2D eigenvalue weighted by molar-refractivity contribution is 5.79. The zero-order valence-corrected chi connectivity index (χ0v) is 19.4. The zero-order valence-electron chi connectivity index (χ0n) is 19.4. The van der Waals surface area contributed by atoms with Crippen molar-refractivity contribution in [1.29, 1.82) is 5.26 Å². The Morgan fingerprint density at radius 1 is 1.20 bits per heavy atom. The summed E-state index contributed by atoms with van der Waals surface area (Å²) < 4.78 is 46.3. The van der Waals surface area contributed by atoms with Crippen LogP contribution in [-0.2, 0) is 6.18 Å². The van der Waals surface area contributed by atoms with E-state index in [1.165, 1.54) is 11.0 Å². The van der Waals surface area contributed by atoms with E-state index in [0.717, 1.165) is 23.0 Å². The van der Waals surface area contributed by atoms with Gasteiger partial charge in [0.25, 0.3) is 0 Å². The third-order valence-electron chi connectivity index (χ3n) is 6.24. The van der Waals surface area contributed by atoms with Gasteiger partial charge in [0.15, 0.2) is 6.23 Å². The first-order valence-corrected chi connectivity index (χ1v) is 11.1. The van der Waals surface area contributed by atoms with Gasteiger partial charge < -0.3 is 14.7 Å². The Kier molecular flexibility index (Phi) is 6.34. The molecule has 1 fully saturated rings. The molecule has 2 aromatic carbocycles. The molecule has 2 heterocycles. The van der Waals surface area contributed by atoms with Crippen LogP contribution in [-0.4, -0.2) is 39.9 Å². The van der Waals surface area contributed by atoms with E-state index in [-0.39, 0.29) is 5.69 Å². The minimum absolute atomic E-state index is 0.115. The van der Waals surface area contributed by atoms with E-state index in [1.54, 1.807) is 26.1 Å². The zero-order chi connectivity index (χ0) is 25.4. The van der Waals surface area contributed by atoms with E-state index >= 15 is 0 Å². The Bertz CT molecular complexity index is 1300. The van der Waals surface area contributed by atoms with E-state index < -0.39 is 29.1 Å². The third kappa shape index (κ3) is 4.62. The van der Waals surface area contributed by atoms with Gasteiger partial charge in [0.05, 0.1) is 34.9 Å². The average Bonchev–Trinajstić information content (AvgIpc) is 2.99. The lowest BCUT2D eigenvalue weighted by Crippen LogP contribution is -2.47. The van der Waals surface area contributed by atoms with Crippen LogP contribution < -0.4 is 9.64 Å². The van der Waals surface area contributed by atoms with Crippen LogP contribution in [0.2, 0.25) is 0 Å². The summed E-state index contributed by atoms with van der Waals surface area (Å²) >= 11 is 0. The summed E-state index contributed by atoms with van der Waals surface area (Å²) in [5.41, 5.74) is -1.40. The van der Waals surface area contributed by atoms with Gasteiger partial charge in [-0.3, -0.25) is 9.88 Å². The number of aliphatic hydroxyl groups excluding tert-OH is 1. The lowest BCUT2D eigenvalue weighted by Gasteiger charge is -2.33. The SMILES string of the molecule is C=C1N(c2ccc(C#N)c(C(F)(F)F)c2)[C@H](O)C(C)(C)N1CCCOc1ccc2cccnc2c1. The van der Waals surface area contributed by atoms with E-state index in [9.17, 15) is 18.3 Å². The molecule has 1 aliphatic heterocycles. The molecule has 1 N–H and O–H groups in total. The van der Waals surface area contributed by atoms with Crippen molar-refractivity contribution in [3.05, 3.63) is 78.3 Å². The van der Waals surface area contributed by atoms with Crippen molar-refractivity contribution in [3.63, 3.8) is 0 Å². The summed E-state index contributed by atoms with van der Waals surface area (Å²) in [7, 11) is 0. The topological polar surface area (TPSA) is 72.6 Å². The molecule has 1 aliphatic rings. The Labute approximate surface area is 201 Å². The first-order chi connectivity index (χ1) is 16.5. The molecule has 1 atom stereocenters. The maximum Gasteiger partial charge on any atom is 0.417 e. The van der Waals surface area contributed by atoms with Crippen molar-refractivity contribution in [2.75, 3.05) is 18.1 Å². The summed E-state index contributed by atoms with van der Waals surface area (Å²) in [6, 6.07) is 14.5. The molecule has 9 heteroatoms. The molecule has 0 spiro atoms. The minimum atomic E-state index is -4.70. The molecule has 6 nitrogen and oxygen atoms in total. The number of benzene rings is 2. The highest BCUT2D eigenvalue weighted by atomic mass is 19.4. The van der Waals surface area contributed by atoms with Crippen molar-refractivity contribution in [2.45, 2.75) is 38.2 Å². The molecular formula is C26H25F3N4O2. The second kappa shape index (κ2) is 9.12. The van der Waals surface area contributed by atoms with Crippen molar-refractivity contribution in [1.82, 2.24) is 9.88 Å². The second-order valence-electron chi connectivity index (χ2n) is 8.86. The minimum Gasteiger partial charge on any atom is -0.493 e. The molecule has 0 unspecified atom stereocenters. The number of halogens is 3. The van der Waals surface area contributed by atoms with Gasteiger partial charge in [-0.1, -0.05) is 12.6 Å². The normalized spacial score (nSPS) is 17.6. The fraction of sp³-hybridized carbons (Fsp3) is 0.308. The van der Waals surface area contributed by atoms with Crippen LogP contribution in [0.15, 0.2) is 67.1 Å². The number of aliphatic hydroxyl groups is 1. The molecule has 35 heavy (non-hydrogen) atoms. The fourth-order valence-corrected chi connectivity index (χ4v) is 4.33. The van der Waals surface area contributed by atoms with Gasteiger partial charge in [-0.05, 0) is 56.7 Å². The standard InChI is InChI=1S/C26H25F3N4O2/c1-17-32(12-5-13-35-21-10-8-18-6-4-11-31-23(18)15-21)25(2,3)24(34)33(17)20-9-7-19(16-30)22(14-20)26(27,28)29/h4,6-11,14-15,24,34H,1,5,12-13H2,2-3H3/t24-/m1/s1. The molecular weight excluding hydrogens is 457 g/mol. The number of pyridine rings is 1. The van der Waals surface area contributed by atoms with Gasteiger partial charge in [-0.15, -0.1) is 0 Å². The second-order valence-corrected chi connectivity index (χ2v) is 8.86. The van der Waals surface area contributed by atoms with Crippen molar-refractivity contribution in [3.8, 4) is 11.8 Å². The number of aromatic nitrogens is 1. The number of anilines is 1. The van der Waals surface area contributed by atoms with Crippen molar-refractivity contribution >= 4 is 16.6 Å². The molecule has 0 radical (unpaired) electrons. The van der Waals surface area contributed by atoms with Gasteiger partial charge in [0, 0.05) is 29.9 Å². The van der Waals surface area contributed by atoms with E-state index in [0.29, 0.717) is 31.1 Å². The smallest absolute Gasteiger partial charge is 0.417 e. The molecule has 0 aliphatic carbocycles. The van der Waals surface area contributed by atoms with Crippen LogP contribution >= 0.6 is 0 Å². The van der Waals surface area contributed by atoms with Crippen LogP contribution in [0, 0.1) is 11.3 Å². The Balaban J connectivity index is 1.47. The Morgan fingerprint density at radius 2 is 1.97 bits per heavy atom. The van der Waals surface area contributed by atoms with E-state index in [2.05, 4.69) is 11.6 Å². The van der Waals surface area contributed by atoms with Crippen LogP contribution in [0.1, 0.15) is 31.4 Å². The molecule has 0 amide bonds. The summed E-state index contributed by atoms with van der Waals surface area (Å²) in [6.45, 7) is 8.50. The van der Waals surface area contributed by atoms with Crippen molar-refractivity contribution in [2.24, 2.45) is 0 Å². The predicted molar refractivity (Wildman–Crippen MR) is 126 cm³/mol. The van der Waals surface area contributed by atoms with Crippen LogP contribution in [0.25, 0.3) is 10.9 Å². The van der Waals surface area contributed by atoms with Gasteiger partial charge in [-0.2, -0.15) is 18.4 Å². The van der Waals surface area contributed by atoms with Crippen LogP contribution in [0.3, 0.4) is 0 Å². The maximum atomic E-state index is 13.5. The molecule has 1 saturated heterocycles. The Hall–Kier alpha value is -3.77. The molecule has 182 valence electrons. The Morgan fingerprint density at radius 3 is 2.69 bits per heavy atom. The lowest BCUT2D eigenvalue weighted by atomic mass is 10.0. The van der Waals surface area contributed by atoms with Crippen LogP contribution in [0.4, 0.5) is 18.9 Å². The van der Waals surface area contributed by atoms with Crippen LogP contribution in [0.5, 0.6) is 5.75 Å². The van der Waals surface area contributed by atoms with Gasteiger partial charge in [0.2, 0.25) is 0 Å². The number of nitrogens with zero attached hydrogens (tertiary/aromatic N) is 4. The maximum absolute atomic E-state index is 13.5. The first kappa shape index (κ1) is 24.4. The summed E-state index contributed by atoms with van der Waals surface area (Å²) in [4.78, 5) is 7.54. The number of fused-ring (bicyclic) bond motifs is 1. The van der Waals surface area contributed by atoms with Crippen molar-refractivity contribution < 1.29 is 23.0 Å². The summed E-state index contributed by atoms with van der Waals surface area (Å²) in [5, 5.41) is 21.1. The number of alkyl halides is 3. The van der Waals surface area contributed by atoms with Gasteiger partial charge in [-0.25, -0.2) is 0 Å². The third-order valence-corrected chi connectivity index (χ3v) is 6.24. The number of hydrogen-bond donors (Lipinski definition) is 1. The monoisotopic (exact) mass is 482 g/mol. The average molecular weight is 483 g/mol. The van der Waals surface area contributed by atoms with E-state index in [1.807, 2.05) is 35.2 Å². The fourth-order valence-electron chi connectivity index (χ4n) is 4.33. The quantitative estimate of drug-likeness (QED) is 0.482. The number of nitriles is 1. The van der Waals surface area contributed by atoms with Gasteiger partial charge in [0.1, 0.15) is 11.6 Å². The summed E-state index contributed by atoms with van der Waals surface area (Å²) in [6.07, 6.45) is -3.53. The summed E-state index contributed by atoms with van der Waals surface area (Å²) in [5.74, 6) is 1.06. The molecule has 4 rings (SSSR count). The molecule has 0 saturated carbocycles. The first-order valence-electron chi connectivity index (χ1n) is 11.1. The van der Waals surface area contributed by atoms with E-state index in [4.69, 9.17) is 10.00 Å². The number of rotatable bonds is 6. The molecule has 0 bridgehead atoms. The predicted octanol–water partition coefficient (Wildman–Crippen LogP) is 5.28. The lowest BCUT2D eigenvalue weighted by molar-refractivity contribution is -0.137.